The minimum absolute atomic E-state index is 0.0129. The summed E-state index contributed by atoms with van der Waals surface area (Å²) in [5.74, 6) is -0.799. The van der Waals surface area contributed by atoms with Crippen LogP contribution in [0.15, 0.2) is 60.2 Å². The van der Waals surface area contributed by atoms with E-state index in [-0.39, 0.29) is 23.2 Å². The highest BCUT2D eigenvalue weighted by Gasteiger charge is 2.25. The molecule has 142 valence electrons. The number of benzene rings is 2. The molecule has 1 fully saturated rings. The maximum atomic E-state index is 12.2. The fourth-order valence-corrected chi connectivity index (χ4v) is 2.66. The third-order valence-corrected chi connectivity index (χ3v) is 4.22. The van der Waals surface area contributed by atoms with Gasteiger partial charge in [0.25, 0.3) is 17.7 Å². The second-order valence-electron chi connectivity index (χ2n) is 5.94. The minimum atomic E-state index is -0.552. The monoisotopic (exact) mass is 395 g/mol. The molecule has 1 aliphatic heterocycles. The Kier molecular flexibility index (Phi) is 5.81. The molecule has 1 heterocycles. The van der Waals surface area contributed by atoms with Crippen molar-refractivity contribution >= 4 is 46.8 Å². The van der Waals surface area contributed by atoms with Crippen LogP contribution in [0.3, 0.4) is 0 Å². The highest BCUT2D eigenvalue weighted by atomic mass is 32.1. The van der Waals surface area contributed by atoms with Gasteiger partial charge in [-0.1, -0.05) is 30.3 Å². The number of amides is 3. The smallest absolute Gasteiger partial charge is 0.264 e. The van der Waals surface area contributed by atoms with Gasteiger partial charge in [-0.25, -0.2) is 0 Å². The Hall–Kier alpha value is -3.52. The summed E-state index contributed by atoms with van der Waals surface area (Å²) in [4.78, 5) is 37.5. The van der Waals surface area contributed by atoms with E-state index >= 15 is 0 Å². The molecule has 3 amide bonds. The van der Waals surface area contributed by atoms with E-state index in [1.54, 1.807) is 31.3 Å². The van der Waals surface area contributed by atoms with Crippen molar-refractivity contribution in [1.29, 1.82) is 0 Å². The van der Waals surface area contributed by atoms with Crippen molar-refractivity contribution in [1.82, 2.24) is 10.6 Å². The predicted molar refractivity (Wildman–Crippen MR) is 109 cm³/mol. The Morgan fingerprint density at radius 2 is 1.64 bits per heavy atom. The maximum absolute atomic E-state index is 12.2. The summed E-state index contributed by atoms with van der Waals surface area (Å²) in [6, 6.07) is 15.9. The standard InChI is InChI=1S/C20H17N3O4S/c1-23(14-5-3-2-4-6-14)17(24)12-27-15-9-7-13(8-10-15)11-16-18(25)21-20(28)22-19(16)26/h2-11H,12H2,1H3,(H2,21,22,25,26,28). The Morgan fingerprint density at radius 1 is 1.04 bits per heavy atom. The average Bonchev–Trinajstić information content (AvgIpc) is 2.70. The maximum Gasteiger partial charge on any atom is 0.264 e. The van der Waals surface area contributed by atoms with E-state index in [2.05, 4.69) is 10.6 Å². The average molecular weight is 395 g/mol. The Labute approximate surface area is 167 Å². The number of hydrogen-bond acceptors (Lipinski definition) is 5. The van der Waals surface area contributed by atoms with Gasteiger partial charge in [-0.2, -0.15) is 0 Å². The minimum Gasteiger partial charge on any atom is -0.484 e. The van der Waals surface area contributed by atoms with Crippen LogP contribution >= 0.6 is 12.2 Å². The second-order valence-corrected chi connectivity index (χ2v) is 6.35. The van der Waals surface area contributed by atoms with Crippen LogP contribution < -0.4 is 20.3 Å². The van der Waals surface area contributed by atoms with Crippen molar-refractivity contribution in [3.05, 3.63) is 65.7 Å². The van der Waals surface area contributed by atoms with Gasteiger partial charge in [0.2, 0.25) is 0 Å². The molecule has 1 aliphatic rings. The number of nitrogens with zero attached hydrogens (tertiary/aromatic N) is 1. The normalized spacial score (nSPS) is 13.5. The van der Waals surface area contributed by atoms with Crippen molar-refractivity contribution in [2.24, 2.45) is 0 Å². The highest BCUT2D eigenvalue weighted by Crippen LogP contribution is 2.16. The molecular weight excluding hydrogens is 378 g/mol. The lowest BCUT2D eigenvalue weighted by atomic mass is 10.1. The van der Waals surface area contributed by atoms with Crippen LogP contribution in [-0.2, 0) is 14.4 Å². The molecule has 0 radical (unpaired) electrons. The topological polar surface area (TPSA) is 87.7 Å². The van der Waals surface area contributed by atoms with Crippen molar-refractivity contribution in [2.45, 2.75) is 0 Å². The van der Waals surface area contributed by atoms with Gasteiger partial charge >= 0.3 is 0 Å². The number of anilines is 1. The Morgan fingerprint density at radius 3 is 2.25 bits per heavy atom. The SMILES string of the molecule is CN(C(=O)COc1ccc(C=C2C(=O)NC(=S)NC2=O)cc1)c1ccccc1. The number of carbonyl (C=O) groups is 3. The molecule has 8 heteroatoms. The predicted octanol–water partition coefficient (Wildman–Crippen LogP) is 1.64. The molecule has 0 atom stereocenters. The van der Waals surface area contributed by atoms with Gasteiger partial charge in [0.15, 0.2) is 11.7 Å². The number of carbonyl (C=O) groups excluding carboxylic acids is 3. The molecule has 0 aromatic heterocycles. The lowest BCUT2D eigenvalue weighted by Gasteiger charge is -2.17. The number of ether oxygens (including phenoxy) is 1. The van der Waals surface area contributed by atoms with E-state index < -0.39 is 11.8 Å². The Bertz CT molecular complexity index is 933. The second kappa shape index (κ2) is 8.45. The summed E-state index contributed by atoms with van der Waals surface area (Å²) in [5, 5.41) is 4.73. The van der Waals surface area contributed by atoms with Crippen LogP contribution in [-0.4, -0.2) is 36.5 Å². The molecule has 0 spiro atoms. The summed E-state index contributed by atoms with van der Waals surface area (Å²) >= 11 is 4.76. The van der Waals surface area contributed by atoms with Gasteiger partial charge in [-0.05, 0) is 48.1 Å². The number of thiocarbonyl (C=S) groups is 1. The van der Waals surface area contributed by atoms with Crippen LogP contribution in [0.25, 0.3) is 6.08 Å². The quantitative estimate of drug-likeness (QED) is 0.457. The summed E-state index contributed by atoms with van der Waals surface area (Å²) in [6.45, 7) is -0.117. The van der Waals surface area contributed by atoms with Gasteiger partial charge in [0, 0.05) is 12.7 Å². The first kappa shape index (κ1) is 19.2. The van der Waals surface area contributed by atoms with Crippen LogP contribution in [0.5, 0.6) is 5.75 Å². The van der Waals surface area contributed by atoms with Crippen LogP contribution in [0, 0.1) is 0 Å². The first-order valence-corrected chi connectivity index (χ1v) is 8.77. The van der Waals surface area contributed by atoms with Crippen LogP contribution in [0.1, 0.15) is 5.56 Å². The van der Waals surface area contributed by atoms with E-state index in [0.717, 1.165) is 5.69 Å². The lowest BCUT2D eigenvalue weighted by Crippen LogP contribution is -2.51. The molecule has 2 aromatic rings. The van der Waals surface area contributed by atoms with Crippen LogP contribution in [0.4, 0.5) is 5.69 Å². The third kappa shape index (κ3) is 4.60. The van der Waals surface area contributed by atoms with Gasteiger partial charge in [-0.3, -0.25) is 25.0 Å². The summed E-state index contributed by atoms with van der Waals surface area (Å²) < 4.78 is 5.52. The number of para-hydroxylation sites is 1. The van der Waals surface area contributed by atoms with E-state index in [0.29, 0.717) is 11.3 Å². The first-order chi connectivity index (χ1) is 13.4. The molecule has 0 aliphatic carbocycles. The molecule has 0 saturated carbocycles. The molecule has 28 heavy (non-hydrogen) atoms. The molecule has 0 bridgehead atoms. The van der Waals surface area contributed by atoms with Crippen molar-refractivity contribution in [2.75, 3.05) is 18.6 Å². The molecule has 3 rings (SSSR count). The van der Waals surface area contributed by atoms with Crippen molar-refractivity contribution < 1.29 is 19.1 Å². The summed E-state index contributed by atoms with van der Waals surface area (Å²) in [6.07, 6.45) is 1.45. The molecular formula is C20H17N3O4S. The zero-order chi connectivity index (χ0) is 20.1. The highest BCUT2D eigenvalue weighted by molar-refractivity contribution is 7.80. The molecule has 0 unspecified atom stereocenters. The lowest BCUT2D eigenvalue weighted by molar-refractivity contribution is -0.123. The van der Waals surface area contributed by atoms with E-state index in [1.165, 1.54) is 11.0 Å². The third-order valence-electron chi connectivity index (χ3n) is 4.01. The van der Waals surface area contributed by atoms with Gasteiger partial charge < -0.3 is 9.64 Å². The van der Waals surface area contributed by atoms with Crippen molar-refractivity contribution in [3.63, 3.8) is 0 Å². The number of nitrogens with one attached hydrogen (secondary N) is 2. The molecule has 2 aromatic carbocycles. The zero-order valence-corrected chi connectivity index (χ0v) is 15.8. The zero-order valence-electron chi connectivity index (χ0n) is 15.0. The molecule has 7 nitrogen and oxygen atoms in total. The summed E-state index contributed by atoms with van der Waals surface area (Å²) in [5.41, 5.74) is 1.37. The fourth-order valence-electron chi connectivity index (χ4n) is 2.47. The largest absolute Gasteiger partial charge is 0.484 e. The Balaban J connectivity index is 1.61. The van der Waals surface area contributed by atoms with E-state index in [4.69, 9.17) is 17.0 Å². The number of rotatable bonds is 5. The number of hydrogen-bond donors (Lipinski definition) is 2. The molecule has 1 saturated heterocycles. The van der Waals surface area contributed by atoms with E-state index in [1.807, 2.05) is 30.3 Å². The fraction of sp³-hybridized carbons (Fsp3) is 0.100. The van der Waals surface area contributed by atoms with Crippen LogP contribution in [0.2, 0.25) is 0 Å². The molecule has 2 N–H and O–H groups in total. The number of likely N-dealkylation sites (N-methyl/N-ethyl adjacent to an activating group) is 1. The van der Waals surface area contributed by atoms with Gasteiger partial charge in [0.05, 0.1) is 0 Å². The van der Waals surface area contributed by atoms with Gasteiger partial charge in [-0.15, -0.1) is 0 Å². The van der Waals surface area contributed by atoms with E-state index in [9.17, 15) is 14.4 Å². The first-order valence-electron chi connectivity index (χ1n) is 8.37. The van der Waals surface area contributed by atoms with Crippen molar-refractivity contribution in [3.8, 4) is 5.75 Å². The van der Waals surface area contributed by atoms with Gasteiger partial charge in [0.1, 0.15) is 11.3 Å². The summed E-state index contributed by atoms with van der Waals surface area (Å²) in [7, 11) is 1.68.